The number of hydrogen-bond donors (Lipinski definition) is 2. The number of carbonyl (C=O) groups excluding carboxylic acids is 1. The number of benzene rings is 2. The van der Waals surface area contributed by atoms with Gasteiger partial charge in [-0.2, -0.15) is 0 Å². The first-order valence-corrected chi connectivity index (χ1v) is 6.82. The van der Waals surface area contributed by atoms with Crippen LogP contribution in [-0.2, 0) is 0 Å². The van der Waals surface area contributed by atoms with E-state index in [-0.39, 0.29) is 12.1 Å². The summed E-state index contributed by atoms with van der Waals surface area (Å²) >= 11 is 6.08. The Hall–Kier alpha value is -2.00. The fraction of sp³-hybridized carbons (Fsp3) is 0.188. The summed E-state index contributed by atoms with van der Waals surface area (Å²) in [5, 5.41) is 6.17. The molecule has 1 unspecified atom stereocenters. The van der Waals surface area contributed by atoms with Gasteiger partial charge in [-0.25, -0.2) is 4.79 Å². The predicted octanol–water partition coefficient (Wildman–Crippen LogP) is 4.53. The van der Waals surface area contributed by atoms with Crippen LogP contribution in [0, 0.1) is 6.92 Å². The molecular formula is C16H17ClN2O. The molecule has 0 heterocycles. The van der Waals surface area contributed by atoms with Crippen molar-refractivity contribution in [3.05, 3.63) is 64.7 Å². The molecule has 0 radical (unpaired) electrons. The van der Waals surface area contributed by atoms with Gasteiger partial charge in [0.05, 0.1) is 16.8 Å². The van der Waals surface area contributed by atoms with E-state index in [2.05, 4.69) is 10.6 Å². The molecule has 0 spiro atoms. The Balaban J connectivity index is 1.99. The highest BCUT2D eigenvalue weighted by Crippen LogP contribution is 2.22. The molecule has 104 valence electrons. The lowest BCUT2D eigenvalue weighted by molar-refractivity contribution is 0.249. The Morgan fingerprint density at radius 2 is 1.85 bits per heavy atom. The molecule has 20 heavy (non-hydrogen) atoms. The minimum Gasteiger partial charge on any atom is -0.331 e. The number of aryl methyl sites for hydroxylation is 1. The highest BCUT2D eigenvalue weighted by atomic mass is 35.5. The molecular weight excluding hydrogens is 272 g/mol. The third-order valence-corrected chi connectivity index (χ3v) is 3.33. The summed E-state index contributed by atoms with van der Waals surface area (Å²) < 4.78 is 0. The van der Waals surface area contributed by atoms with Crippen molar-refractivity contribution in [3.63, 3.8) is 0 Å². The van der Waals surface area contributed by atoms with E-state index in [9.17, 15) is 4.79 Å². The van der Waals surface area contributed by atoms with Gasteiger partial charge in [-0.3, -0.25) is 0 Å². The van der Waals surface area contributed by atoms with Gasteiger partial charge in [0.15, 0.2) is 0 Å². The molecule has 3 nitrogen and oxygen atoms in total. The second kappa shape index (κ2) is 6.44. The Labute approximate surface area is 124 Å². The number of nitrogens with one attached hydrogen (secondary N) is 2. The van der Waals surface area contributed by atoms with Gasteiger partial charge in [0.25, 0.3) is 0 Å². The fourth-order valence-electron chi connectivity index (χ4n) is 1.90. The predicted molar refractivity (Wildman–Crippen MR) is 83.2 cm³/mol. The van der Waals surface area contributed by atoms with Crippen LogP contribution in [0.1, 0.15) is 24.1 Å². The summed E-state index contributed by atoms with van der Waals surface area (Å²) in [5.74, 6) is 0. The van der Waals surface area contributed by atoms with Crippen molar-refractivity contribution in [3.8, 4) is 0 Å². The Morgan fingerprint density at radius 1 is 1.15 bits per heavy atom. The lowest BCUT2D eigenvalue weighted by Crippen LogP contribution is -2.31. The van der Waals surface area contributed by atoms with Crippen LogP contribution in [0.15, 0.2) is 48.5 Å². The molecule has 0 aliphatic heterocycles. The number of urea groups is 1. The lowest BCUT2D eigenvalue weighted by Gasteiger charge is -2.15. The second-order valence-electron chi connectivity index (χ2n) is 4.71. The van der Waals surface area contributed by atoms with E-state index in [4.69, 9.17) is 11.6 Å². The first-order chi connectivity index (χ1) is 9.56. The van der Waals surface area contributed by atoms with Crippen molar-refractivity contribution in [2.75, 3.05) is 5.32 Å². The van der Waals surface area contributed by atoms with Crippen LogP contribution < -0.4 is 10.6 Å². The molecule has 2 rings (SSSR count). The number of amides is 2. The van der Waals surface area contributed by atoms with Gasteiger partial charge in [0, 0.05) is 0 Å². The molecule has 0 aliphatic carbocycles. The van der Waals surface area contributed by atoms with Crippen LogP contribution in [0.2, 0.25) is 5.02 Å². The van der Waals surface area contributed by atoms with E-state index >= 15 is 0 Å². The van der Waals surface area contributed by atoms with E-state index in [0.717, 1.165) is 11.1 Å². The van der Waals surface area contributed by atoms with Crippen LogP contribution in [0.5, 0.6) is 0 Å². The Morgan fingerprint density at radius 3 is 2.50 bits per heavy atom. The zero-order valence-electron chi connectivity index (χ0n) is 11.5. The van der Waals surface area contributed by atoms with E-state index in [1.54, 1.807) is 6.07 Å². The van der Waals surface area contributed by atoms with Crippen molar-refractivity contribution < 1.29 is 4.79 Å². The minimum absolute atomic E-state index is 0.0691. The third kappa shape index (κ3) is 3.75. The maximum Gasteiger partial charge on any atom is 0.319 e. The van der Waals surface area contributed by atoms with Crippen molar-refractivity contribution in [2.45, 2.75) is 19.9 Å². The molecule has 2 aromatic carbocycles. The number of halogens is 1. The highest BCUT2D eigenvalue weighted by Gasteiger charge is 2.10. The van der Waals surface area contributed by atoms with Gasteiger partial charge in [-0.15, -0.1) is 0 Å². The number of carbonyl (C=O) groups is 1. The van der Waals surface area contributed by atoms with Crippen molar-refractivity contribution in [2.24, 2.45) is 0 Å². The van der Waals surface area contributed by atoms with Crippen LogP contribution in [-0.4, -0.2) is 6.03 Å². The molecule has 1 atom stereocenters. The summed E-state index contributed by atoms with van der Waals surface area (Å²) in [6, 6.07) is 15.0. The van der Waals surface area contributed by atoms with Crippen molar-refractivity contribution in [1.82, 2.24) is 5.32 Å². The maximum atomic E-state index is 12.0. The topological polar surface area (TPSA) is 41.1 Å². The summed E-state index contributed by atoms with van der Waals surface area (Å²) in [7, 11) is 0. The number of rotatable bonds is 3. The van der Waals surface area contributed by atoms with Gasteiger partial charge in [-0.1, -0.05) is 48.0 Å². The molecule has 0 aliphatic rings. The highest BCUT2D eigenvalue weighted by molar-refractivity contribution is 6.33. The van der Waals surface area contributed by atoms with E-state index < -0.39 is 0 Å². The first-order valence-electron chi connectivity index (χ1n) is 6.45. The Bertz CT molecular complexity index is 599. The monoisotopic (exact) mass is 288 g/mol. The fourth-order valence-corrected chi connectivity index (χ4v) is 2.18. The summed E-state index contributed by atoms with van der Waals surface area (Å²) in [4.78, 5) is 12.0. The van der Waals surface area contributed by atoms with Gasteiger partial charge < -0.3 is 10.6 Å². The van der Waals surface area contributed by atoms with Crippen molar-refractivity contribution >= 4 is 23.3 Å². The molecule has 2 N–H and O–H groups in total. The average molecular weight is 289 g/mol. The second-order valence-corrected chi connectivity index (χ2v) is 5.12. The average Bonchev–Trinajstić information content (AvgIpc) is 2.43. The molecule has 4 heteroatoms. The number of anilines is 1. The summed E-state index contributed by atoms with van der Waals surface area (Å²) in [6.45, 7) is 3.89. The molecule has 0 saturated heterocycles. The summed E-state index contributed by atoms with van der Waals surface area (Å²) in [5.41, 5.74) is 2.71. The number of hydrogen-bond acceptors (Lipinski definition) is 1. The van der Waals surface area contributed by atoms with E-state index in [1.807, 2.05) is 56.3 Å². The van der Waals surface area contributed by atoms with Crippen LogP contribution in [0.4, 0.5) is 10.5 Å². The molecule has 0 bridgehead atoms. The smallest absolute Gasteiger partial charge is 0.319 e. The molecule has 2 aromatic rings. The van der Waals surface area contributed by atoms with E-state index in [0.29, 0.717) is 10.7 Å². The SMILES string of the molecule is Cc1ccc(NC(=O)NC(C)c2ccccc2)c(Cl)c1. The van der Waals surface area contributed by atoms with E-state index in [1.165, 1.54) is 0 Å². The Kier molecular flexibility index (Phi) is 4.64. The zero-order valence-corrected chi connectivity index (χ0v) is 12.2. The maximum absolute atomic E-state index is 12.0. The van der Waals surface area contributed by atoms with Crippen LogP contribution in [0.25, 0.3) is 0 Å². The molecule has 2 amide bonds. The first kappa shape index (κ1) is 14.4. The molecule has 0 aromatic heterocycles. The minimum atomic E-state index is -0.271. The van der Waals surface area contributed by atoms with Gasteiger partial charge in [0.1, 0.15) is 0 Å². The summed E-state index contributed by atoms with van der Waals surface area (Å²) in [6.07, 6.45) is 0. The lowest BCUT2D eigenvalue weighted by atomic mass is 10.1. The van der Waals surface area contributed by atoms with Crippen LogP contribution in [0.3, 0.4) is 0 Å². The molecule has 0 fully saturated rings. The van der Waals surface area contributed by atoms with Crippen LogP contribution >= 0.6 is 11.6 Å². The quantitative estimate of drug-likeness (QED) is 0.856. The zero-order chi connectivity index (χ0) is 14.5. The largest absolute Gasteiger partial charge is 0.331 e. The van der Waals surface area contributed by atoms with Crippen molar-refractivity contribution in [1.29, 1.82) is 0 Å². The third-order valence-electron chi connectivity index (χ3n) is 3.02. The normalized spacial score (nSPS) is 11.8. The standard InChI is InChI=1S/C16H17ClN2O/c1-11-8-9-15(14(17)10-11)19-16(20)18-12(2)13-6-4-3-5-7-13/h3-10,12H,1-2H3,(H2,18,19,20). The van der Waals surface area contributed by atoms with Gasteiger partial charge in [0.2, 0.25) is 0 Å². The van der Waals surface area contributed by atoms with Gasteiger partial charge >= 0.3 is 6.03 Å². The molecule has 0 saturated carbocycles. The van der Waals surface area contributed by atoms with Gasteiger partial charge in [-0.05, 0) is 37.1 Å².